The van der Waals surface area contributed by atoms with Crippen LogP contribution in [0.1, 0.15) is 26.7 Å². The number of ether oxygens (including phenoxy) is 2. The van der Waals surface area contributed by atoms with E-state index in [0.717, 1.165) is 4.90 Å². The van der Waals surface area contributed by atoms with Crippen molar-refractivity contribution in [1.29, 1.82) is 0 Å². The number of methoxy groups -OCH3 is 1. The number of imide groups is 1. The Morgan fingerprint density at radius 2 is 1.76 bits per heavy atom. The summed E-state index contributed by atoms with van der Waals surface area (Å²) in [7, 11) is 1.55. The zero-order valence-corrected chi connectivity index (χ0v) is 14.4. The van der Waals surface area contributed by atoms with Crippen LogP contribution in [0.2, 0.25) is 0 Å². The number of allylic oxidation sites excluding steroid dienone is 1. The number of nitrogens with zero attached hydrogens (tertiary/aromatic N) is 1. The van der Waals surface area contributed by atoms with Gasteiger partial charge in [0.1, 0.15) is 17.4 Å². The van der Waals surface area contributed by atoms with Crippen LogP contribution in [0.3, 0.4) is 0 Å². The van der Waals surface area contributed by atoms with E-state index < -0.39 is 23.8 Å². The van der Waals surface area contributed by atoms with Crippen LogP contribution in [-0.4, -0.2) is 30.8 Å². The maximum Gasteiger partial charge on any atom is 0.276 e. The Balaban J connectivity index is 1.69. The first-order chi connectivity index (χ1) is 11.8. The number of anilines is 1. The van der Waals surface area contributed by atoms with Crippen LogP contribution in [-0.2, 0) is 19.1 Å². The summed E-state index contributed by atoms with van der Waals surface area (Å²) in [5.41, 5.74) is 0.647. The fraction of sp³-hybridized carbons (Fsp3) is 0.421. The molecule has 6 heteroatoms. The molecule has 1 aliphatic carbocycles. The Bertz CT molecular complexity index is 821. The second-order valence-corrected chi connectivity index (χ2v) is 7.50. The number of rotatable bonds is 2. The average Bonchev–Trinajstić information content (AvgIpc) is 3.03. The smallest absolute Gasteiger partial charge is 0.276 e. The van der Waals surface area contributed by atoms with Gasteiger partial charge in [-0.25, -0.2) is 4.90 Å². The number of fused-ring (bicyclic) bond motifs is 2. The first kappa shape index (κ1) is 15.9. The van der Waals surface area contributed by atoms with E-state index in [1.165, 1.54) is 0 Å². The highest BCUT2D eigenvalue weighted by Crippen LogP contribution is 2.48. The maximum atomic E-state index is 12.9. The minimum atomic E-state index is -0.919. The second kappa shape index (κ2) is 5.18. The molecule has 2 atom stereocenters. The molecule has 0 N–H and O–H groups in total. The number of hydrogen-bond donors (Lipinski definition) is 0. The summed E-state index contributed by atoms with van der Waals surface area (Å²) < 4.78 is 10.9. The summed E-state index contributed by atoms with van der Waals surface area (Å²) in [6.07, 6.45) is 0.0181. The van der Waals surface area contributed by atoms with E-state index in [1.54, 1.807) is 31.4 Å². The van der Waals surface area contributed by atoms with Crippen LogP contribution < -0.4 is 9.64 Å². The van der Waals surface area contributed by atoms with Gasteiger partial charge >= 0.3 is 0 Å². The van der Waals surface area contributed by atoms with Gasteiger partial charge in [0, 0.05) is 18.4 Å². The van der Waals surface area contributed by atoms with Gasteiger partial charge in [0.05, 0.1) is 12.8 Å². The van der Waals surface area contributed by atoms with Crippen molar-refractivity contribution < 1.29 is 23.9 Å². The first-order valence-corrected chi connectivity index (χ1v) is 8.27. The molecule has 25 heavy (non-hydrogen) atoms. The Hall–Kier alpha value is -2.63. The third kappa shape index (κ3) is 2.27. The number of amides is 2. The van der Waals surface area contributed by atoms with E-state index in [1.807, 2.05) is 13.8 Å². The van der Waals surface area contributed by atoms with Gasteiger partial charge in [-0.2, -0.15) is 0 Å². The molecule has 1 fully saturated rings. The predicted octanol–water partition coefficient (Wildman–Crippen LogP) is 2.23. The fourth-order valence-electron chi connectivity index (χ4n) is 3.91. The van der Waals surface area contributed by atoms with Gasteiger partial charge in [-0.05, 0) is 29.7 Å². The molecule has 0 bridgehead atoms. The van der Waals surface area contributed by atoms with Crippen molar-refractivity contribution in [2.24, 2.45) is 11.3 Å². The van der Waals surface area contributed by atoms with Crippen molar-refractivity contribution in [1.82, 2.24) is 0 Å². The summed E-state index contributed by atoms with van der Waals surface area (Å²) in [6, 6.07) is 6.67. The predicted molar refractivity (Wildman–Crippen MR) is 88.9 cm³/mol. The SMILES string of the molecule is COc1ccc(N2C(=O)[C@@H]3C4=C(CC(C)(C)CC4=O)O[C@@H]3C2=O)cc1. The lowest BCUT2D eigenvalue weighted by atomic mass is 9.74. The molecular weight excluding hydrogens is 322 g/mol. The summed E-state index contributed by atoms with van der Waals surface area (Å²) in [6.45, 7) is 3.97. The third-order valence-electron chi connectivity index (χ3n) is 5.04. The van der Waals surface area contributed by atoms with Crippen LogP contribution in [0.15, 0.2) is 35.6 Å². The monoisotopic (exact) mass is 341 g/mol. The topological polar surface area (TPSA) is 72.9 Å². The minimum Gasteiger partial charge on any atom is -0.497 e. The van der Waals surface area contributed by atoms with Crippen molar-refractivity contribution in [2.45, 2.75) is 32.8 Å². The van der Waals surface area contributed by atoms with E-state index in [0.29, 0.717) is 35.6 Å². The third-order valence-corrected chi connectivity index (χ3v) is 5.04. The lowest BCUT2D eigenvalue weighted by molar-refractivity contribution is -0.126. The molecule has 3 aliphatic rings. The van der Waals surface area contributed by atoms with Gasteiger partial charge in [-0.1, -0.05) is 13.8 Å². The molecule has 0 aromatic heterocycles. The highest BCUT2D eigenvalue weighted by atomic mass is 16.5. The van der Waals surface area contributed by atoms with E-state index in [4.69, 9.17) is 9.47 Å². The molecule has 2 aliphatic heterocycles. The molecule has 4 rings (SSSR count). The van der Waals surface area contributed by atoms with Gasteiger partial charge in [0.15, 0.2) is 11.9 Å². The van der Waals surface area contributed by atoms with E-state index in [-0.39, 0.29) is 11.2 Å². The number of hydrogen-bond acceptors (Lipinski definition) is 5. The standard InChI is InChI=1S/C19H19NO5/c1-19(2)8-12(21)14-13(9-19)25-16-15(14)17(22)20(18(16)23)10-4-6-11(24-3)7-5-10/h4-7,15-16H,8-9H2,1-3H3/t15-,16+/m1/s1. The fourth-order valence-corrected chi connectivity index (χ4v) is 3.91. The van der Waals surface area contributed by atoms with Crippen LogP contribution in [0.25, 0.3) is 0 Å². The molecule has 130 valence electrons. The summed E-state index contributed by atoms with van der Waals surface area (Å²) >= 11 is 0. The quantitative estimate of drug-likeness (QED) is 0.771. The molecule has 0 spiro atoms. The van der Waals surface area contributed by atoms with Gasteiger partial charge < -0.3 is 9.47 Å². The van der Waals surface area contributed by atoms with E-state index in [2.05, 4.69) is 0 Å². The molecular formula is C19H19NO5. The zero-order chi connectivity index (χ0) is 17.9. The van der Waals surface area contributed by atoms with Crippen molar-refractivity contribution >= 4 is 23.3 Å². The number of carbonyl (C=O) groups is 3. The van der Waals surface area contributed by atoms with Gasteiger partial charge in [0.2, 0.25) is 5.91 Å². The maximum absolute atomic E-state index is 12.9. The van der Waals surface area contributed by atoms with E-state index in [9.17, 15) is 14.4 Å². The van der Waals surface area contributed by atoms with Crippen molar-refractivity contribution in [3.63, 3.8) is 0 Å². The molecule has 2 amide bonds. The summed E-state index contributed by atoms with van der Waals surface area (Å²) in [5, 5.41) is 0. The Morgan fingerprint density at radius 1 is 1.08 bits per heavy atom. The molecule has 0 radical (unpaired) electrons. The van der Waals surface area contributed by atoms with Crippen LogP contribution in [0, 0.1) is 11.3 Å². The average molecular weight is 341 g/mol. The number of ketones is 1. The molecule has 6 nitrogen and oxygen atoms in total. The first-order valence-electron chi connectivity index (χ1n) is 8.27. The van der Waals surface area contributed by atoms with Crippen LogP contribution in [0.5, 0.6) is 5.75 Å². The summed E-state index contributed by atoms with van der Waals surface area (Å²) in [4.78, 5) is 39.4. The van der Waals surface area contributed by atoms with Gasteiger partial charge in [-0.15, -0.1) is 0 Å². The van der Waals surface area contributed by atoms with Crippen molar-refractivity contribution in [3.05, 3.63) is 35.6 Å². The molecule has 0 saturated carbocycles. The van der Waals surface area contributed by atoms with Gasteiger partial charge in [0.25, 0.3) is 5.91 Å². The lowest BCUT2D eigenvalue weighted by Crippen LogP contribution is -2.34. The number of carbonyl (C=O) groups excluding carboxylic acids is 3. The van der Waals surface area contributed by atoms with Crippen molar-refractivity contribution in [3.8, 4) is 5.75 Å². The molecule has 1 aromatic carbocycles. The minimum absolute atomic E-state index is 0.0866. The van der Waals surface area contributed by atoms with E-state index >= 15 is 0 Å². The van der Waals surface area contributed by atoms with Crippen LogP contribution >= 0.6 is 0 Å². The number of benzene rings is 1. The second-order valence-electron chi connectivity index (χ2n) is 7.50. The Kier molecular flexibility index (Phi) is 3.29. The summed E-state index contributed by atoms with van der Waals surface area (Å²) in [5.74, 6) is -0.551. The highest BCUT2D eigenvalue weighted by Gasteiger charge is 2.59. The normalized spacial score (nSPS) is 27.3. The molecule has 1 saturated heterocycles. The van der Waals surface area contributed by atoms with Crippen molar-refractivity contribution in [2.75, 3.05) is 12.0 Å². The zero-order valence-electron chi connectivity index (χ0n) is 14.4. The lowest BCUT2D eigenvalue weighted by Gasteiger charge is -2.29. The number of Topliss-reactive ketones (excluding diaryl/α,β-unsaturated/α-hetero) is 1. The van der Waals surface area contributed by atoms with Gasteiger partial charge in [-0.3, -0.25) is 14.4 Å². The molecule has 2 heterocycles. The van der Waals surface area contributed by atoms with Crippen LogP contribution in [0.4, 0.5) is 5.69 Å². The molecule has 0 unspecified atom stereocenters. The molecule has 1 aromatic rings. The largest absolute Gasteiger partial charge is 0.497 e. The Morgan fingerprint density at radius 3 is 2.40 bits per heavy atom. The highest BCUT2D eigenvalue weighted by molar-refractivity contribution is 6.26. The Labute approximate surface area is 145 Å².